The maximum atomic E-state index is 10.9. The number of nitrogens with zero attached hydrogens (tertiary/aromatic N) is 1. The monoisotopic (exact) mass is 170 g/mol. The predicted molar refractivity (Wildman–Crippen MR) is 43.5 cm³/mol. The van der Waals surface area contributed by atoms with Crippen molar-refractivity contribution in [1.82, 2.24) is 4.90 Å². The number of hydrogen-bond donors (Lipinski definition) is 1. The lowest BCUT2D eigenvalue weighted by molar-refractivity contribution is -0.142. The second-order valence-electron chi connectivity index (χ2n) is 3.65. The molecule has 2 heterocycles. The van der Waals surface area contributed by atoms with Gasteiger partial charge in [0, 0.05) is 18.6 Å². The molecule has 2 N–H and O–H groups in total. The molecule has 4 heteroatoms. The molecule has 0 aromatic carbocycles. The van der Waals surface area contributed by atoms with E-state index in [-0.39, 0.29) is 5.97 Å². The third-order valence-corrected chi connectivity index (χ3v) is 3.03. The van der Waals surface area contributed by atoms with Gasteiger partial charge in [-0.1, -0.05) is 0 Å². The molecule has 2 bridgehead atoms. The zero-order chi connectivity index (χ0) is 8.72. The highest BCUT2D eigenvalue weighted by atomic mass is 16.5. The van der Waals surface area contributed by atoms with E-state index >= 15 is 0 Å². The Morgan fingerprint density at radius 1 is 1.75 bits per heavy atom. The normalized spacial score (nSPS) is 39.3. The van der Waals surface area contributed by atoms with Gasteiger partial charge in [-0.25, -0.2) is 0 Å². The summed E-state index contributed by atoms with van der Waals surface area (Å²) in [5.41, 5.74) is 5.84. The van der Waals surface area contributed by atoms with Gasteiger partial charge in [0.25, 0.3) is 0 Å². The van der Waals surface area contributed by atoms with E-state index in [4.69, 9.17) is 5.73 Å². The molecule has 0 aromatic rings. The van der Waals surface area contributed by atoms with E-state index in [2.05, 4.69) is 9.64 Å². The first-order chi connectivity index (χ1) is 5.72. The summed E-state index contributed by atoms with van der Waals surface area (Å²) < 4.78 is 4.59. The van der Waals surface area contributed by atoms with Crippen LogP contribution in [-0.2, 0) is 9.53 Å². The highest BCUT2D eigenvalue weighted by Gasteiger charge is 2.50. The van der Waals surface area contributed by atoms with E-state index in [1.54, 1.807) is 0 Å². The van der Waals surface area contributed by atoms with E-state index < -0.39 is 0 Å². The van der Waals surface area contributed by atoms with Crippen LogP contribution in [0.1, 0.15) is 6.42 Å². The van der Waals surface area contributed by atoms with Crippen LogP contribution in [0.4, 0.5) is 0 Å². The van der Waals surface area contributed by atoms with Gasteiger partial charge in [-0.15, -0.1) is 0 Å². The molecule has 0 spiro atoms. The molecule has 3 rings (SSSR count). The van der Waals surface area contributed by atoms with Gasteiger partial charge in [0.1, 0.15) is 0 Å². The molecule has 3 unspecified atom stereocenters. The average Bonchev–Trinajstić information content (AvgIpc) is 2.59. The summed E-state index contributed by atoms with van der Waals surface area (Å²) in [6.07, 6.45) is 1.16. The largest absolute Gasteiger partial charge is 0.468 e. The summed E-state index contributed by atoms with van der Waals surface area (Å²) in [5, 5.41) is 0. The van der Waals surface area contributed by atoms with Crippen LogP contribution in [0.2, 0.25) is 0 Å². The van der Waals surface area contributed by atoms with Crippen LogP contribution in [0.25, 0.3) is 0 Å². The molecule has 2 aliphatic heterocycles. The molecule has 0 amide bonds. The maximum absolute atomic E-state index is 10.9. The zero-order valence-corrected chi connectivity index (χ0v) is 7.19. The Hall–Kier alpha value is -0.610. The summed E-state index contributed by atoms with van der Waals surface area (Å²) in [5.74, 6) is 0.467. The first-order valence-electron chi connectivity index (χ1n) is 4.29. The summed E-state index contributed by atoms with van der Waals surface area (Å²) >= 11 is 0. The van der Waals surface area contributed by atoms with Crippen molar-refractivity contribution < 1.29 is 9.53 Å². The minimum Gasteiger partial charge on any atom is -0.468 e. The Balaban J connectivity index is 1.88. The molecule has 3 atom stereocenters. The molecule has 2 saturated heterocycles. The van der Waals surface area contributed by atoms with Crippen LogP contribution in [0.15, 0.2) is 0 Å². The highest BCUT2D eigenvalue weighted by Crippen LogP contribution is 2.39. The fourth-order valence-corrected chi connectivity index (χ4v) is 2.18. The SMILES string of the molecule is COC(=O)CN1CC2CC1C2N. The third kappa shape index (κ3) is 1.03. The van der Waals surface area contributed by atoms with Crippen molar-refractivity contribution in [2.45, 2.75) is 18.5 Å². The van der Waals surface area contributed by atoms with Crippen LogP contribution in [-0.4, -0.2) is 43.2 Å². The summed E-state index contributed by atoms with van der Waals surface area (Å²) in [6.45, 7) is 1.38. The second kappa shape index (κ2) is 2.71. The average molecular weight is 170 g/mol. The van der Waals surface area contributed by atoms with Crippen molar-refractivity contribution in [1.29, 1.82) is 0 Å². The number of nitrogens with two attached hydrogens (primary N) is 1. The number of ether oxygens (including phenoxy) is 1. The van der Waals surface area contributed by atoms with E-state index in [1.165, 1.54) is 7.11 Å². The van der Waals surface area contributed by atoms with E-state index in [0.717, 1.165) is 13.0 Å². The lowest BCUT2D eigenvalue weighted by atomic mass is 9.81. The Morgan fingerprint density at radius 2 is 2.50 bits per heavy atom. The first-order valence-corrected chi connectivity index (χ1v) is 4.29. The van der Waals surface area contributed by atoms with E-state index in [9.17, 15) is 4.79 Å². The molecule has 1 saturated carbocycles. The maximum Gasteiger partial charge on any atom is 0.319 e. The van der Waals surface area contributed by atoms with Gasteiger partial charge in [0.2, 0.25) is 0 Å². The lowest BCUT2D eigenvalue weighted by Crippen LogP contribution is -2.50. The minimum absolute atomic E-state index is 0.158. The number of rotatable bonds is 2. The standard InChI is InChI=1S/C8H14N2O2/c1-12-7(11)4-10-3-5-2-6(10)8(5)9/h5-6,8H,2-4,9H2,1H3. The molecule has 0 aromatic heterocycles. The molecule has 0 radical (unpaired) electrons. The number of methoxy groups -OCH3 is 1. The van der Waals surface area contributed by atoms with Gasteiger partial charge in [-0.3, -0.25) is 9.69 Å². The second-order valence-corrected chi connectivity index (χ2v) is 3.65. The van der Waals surface area contributed by atoms with Gasteiger partial charge >= 0.3 is 5.97 Å². The van der Waals surface area contributed by atoms with Gasteiger partial charge in [-0.2, -0.15) is 0 Å². The zero-order valence-electron chi connectivity index (χ0n) is 7.19. The third-order valence-electron chi connectivity index (χ3n) is 3.03. The summed E-state index contributed by atoms with van der Waals surface area (Å²) in [6, 6.07) is 0.740. The molecule has 1 aliphatic carbocycles. The van der Waals surface area contributed by atoms with Gasteiger partial charge in [0.15, 0.2) is 0 Å². The smallest absolute Gasteiger partial charge is 0.319 e. The van der Waals surface area contributed by atoms with Crippen molar-refractivity contribution in [2.75, 3.05) is 20.2 Å². The highest BCUT2D eigenvalue weighted by molar-refractivity contribution is 5.71. The number of carbonyl (C=O) groups is 1. The minimum atomic E-state index is -0.158. The number of hydrogen-bond acceptors (Lipinski definition) is 4. The summed E-state index contributed by atoms with van der Waals surface area (Å²) in [4.78, 5) is 13.1. The molecule has 12 heavy (non-hydrogen) atoms. The van der Waals surface area contributed by atoms with E-state index in [0.29, 0.717) is 24.5 Å². The van der Waals surface area contributed by atoms with Crippen LogP contribution < -0.4 is 5.73 Å². The number of fused-ring (bicyclic) bond motifs is 1. The van der Waals surface area contributed by atoms with Gasteiger partial charge < -0.3 is 10.5 Å². The fraction of sp³-hybridized carbons (Fsp3) is 0.875. The van der Waals surface area contributed by atoms with Crippen molar-refractivity contribution >= 4 is 5.97 Å². The fourth-order valence-electron chi connectivity index (χ4n) is 2.18. The topological polar surface area (TPSA) is 55.6 Å². The lowest BCUT2D eigenvalue weighted by Gasteiger charge is -2.33. The van der Waals surface area contributed by atoms with E-state index in [1.807, 2.05) is 0 Å². The Morgan fingerprint density at radius 3 is 2.92 bits per heavy atom. The number of esters is 1. The molecular weight excluding hydrogens is 156 g/mol. The van der Waals surface area contributed by atoms with Crippen molar-refractivity contribution in [3.05, 3.63) is 0 Å². The van der Waals surface area contributed by atoms with Crippen LogP contribution in [0, 0.1) is 5.92 Å². The Bertz CT molecular complexity index is 207. The van der Waals surface area contributed by atoms with Gasteiger partial charge in [-0.05, 0) is 12.3 Å². The van der Waals surface area contributed by atoms with Crippen LogP contribution >= 0.6 is 0 Å². The molecule has 3 fully saturated rings. The first kappa shape index (κ1) is 8.01. The molecule has 3 aliphatic rings. The Kier molecular flexibility index (Phi) is 1.81. The molecule has 68 valence electrons. The Labute approximate surface area is 71.7 Å². The molecule has 4 nitrogen and oxygen atoms in total. The quantitative estimate of drug-likeness (QED) is 0.551. The molecular formula is C8H14N2O2. The van der Waals surface area contributed by atoms with Crippen molar-refractivity contribution in [3.8, 4) is 0 Å². The van der Waals surface area contributed by atoms with Crippen molar-refractivity contribution in [3.63, 3.8) is 0 Å². The van der Waals surface area contributed by atoms with Gasteiger partial charge in [0.05, 0.1) is 13.7 Å². The summed E-state index contributed by atoms with van der Waals surface area (Å²) in [7, 11) is 1.42. The van der Waals surface area contributed by atoms with Crippen LogP contribution in [0.5, 0.6) is 0 Å². The number of carbonyl (C=O) groups excluding carboxylic acids is 1. The predicted octanol–water partition coefficient (Wildman–Crippen LogP) is -0.809. The van der Waals surface area contributed by atoms with Crippen molar-refractivity contribution in [2.24, 2.45) is 11.7 Å². The van der Waals surface area contributed by atoms with Crippen LogP contribution in [0.3, 0.4) is 0 Å².